The predicted octanol–water partition coefficient (Wildman–Crippen LogP) is 1.61. The molecule has 2 rings (SSSR count). The number of likely N-dealkylation sites (tertiary alicyclic amines) is 1. The second-order valence-electron chi connectivity index (χ2n) is 6.63. The molecule has 1 aliphatic carbocycles. The van der Waals surface area contributed by atoms with Gasteiger partial charge in [0.15, 0.2) is 5.78 Å². The molecule has 0 bridgehead atoms. The number of fused-ring (bicyclic) bond motifs is 1. The quantitative estimate of drug-likeness (QED) is 0.654. The minimum atomic E-state index is -0.579. The summed E-state index contributed by atoms with van der Waals surface area (Å²) in [6.45, 7) is 6.53. The van der Waals surface area contributed by atoms with Gasteiger partial charge in [0.05, 0.1) is 6.07 Å². The Balaban J connectivity index is 2.43. The van der Waals surface area contributed by atoms with Crippen LogP contribution in [0.2, 0.25) is 0 Å². The zero-order valence-corrected chi connectivity index (χ0v) is 11.5. The van der Waals surface area contributed by atoms with Crippen molar-refractivity contribution in [1.82, 2.24) is 4.90 Å². The van der Waals surface area contributed by atoms with Crippen LogP contribution in [0.5, 0.6) is 0 Å². The smallest absolute Gasteiger partial charge is 0.222 e. The molecule has 1 saturated carbocycles. The Kier molecular flexibility index (Phi) is 2.77. The van der Waals surface area contributed by atoms with Gasteiger partial charge in [-0.1, -0.05) is 20.8 Å². The Morgan fingerprint density at radius 2 is 1.94 bits per heavy atom. The summed E-state index contributed by atoms with van der Waals surface area (Å²) in [6.07, 6.45) is 0.998. The standard InChI is InChI=1S/C14H20N2O2/c1-13(2)10-5-11(17)16(4)8-14(10,3)6-9(7-15)12(13)18/h9-10H,5-6,8H2,1-4H3/t9?,10-,14+/m0/s1. The number of hydrogen-bond donors (Lipinski definition) is 0. The van der Waals surface area contributed by atoms with Gasteiger partial charge in [0.2, 0.25) is 5.91 Å². The number of ketones is 1. The third-order valence-electron chi connectivity index (χ3n) is 4.89. The van der Waals surface area contributed by atoms with E-state index in [0.717, 1.165) is 0 Å². The number of piperidine rings is 1. The van der Waals surface area contributed by atoms with E-state index in [1.54, 1.807) is 11.9 Å². The minimum Gasteiger partial charge on any atom is -0.345 e. The van der Waals surface area contributed by atoms with E-state index in [2.05, 4.69) is 13.0 Å². The van der Waals surface area contributed by atoms with Gasteiger partial charge < -0.3 is 4.90 Å². The molecule has 2 aliphatic rings. The topological polar surface area (TPSA) is 61.2 Å². The predicted molar refractivity (Wildman–Crippen MR) is 66.4 cm³/mol. The van der Waals surface area contributed by atoms with Crippen LogP contribution in [0.25, 0.3) is 0 Å². The number of nitriles is 1. The number of hydrogen-bond acceptors (Lipinski definition) is 3. The van der Waals surface area contributed by atoms with Crippen molar-refractivity contribution in [2.24, 2.45) is 22.7 Å². The molecule has 0 radical (unpaired) electrons. The van der Waals surface area contributed by atoms with E-state index < -0.39 is 11.3 Å². The van der Waals surface area contributed by atoms with Crippen molar-refractivity contribution >= 4 is 11.7 Å². The normalized spacial score (nSPS) is 39.2. The van der Waals surface area contributed by atoms with Gasteiger partial charge in [-0.25, -0.2) is 0 Å². The molecule has 1 saturated heterocycles. The maximum absolute atomic E-state index is 12.3. The molecule has 98 valence electrons. The van der Waals surface area contributed by atoms with Crippen molar-refractivity contribution in [3.8, 4) is 6.07 Å². The average Bonchev–Trinajstić information content (AvgIpc) is 2.28. The van der Waals surface area contributed by atoms with Crippen LogP contribution >= 0.6 is 0 Å². The Bertz CT molecular complexity index is 449. The summed E-state index contributed by atoms with van der Waals surface area (Å²) < 4.78 is 0. The van der Waals surface area contributed by atoms with Gasteiger partial charge in [-0.05, 0) is 17.8 Å². The number of nitrogens with zero attached hydrogens (tertiary/aromatic N) is 2. The Hall–Kier alpha value is -1.37. The first-order valence-electron chi connectivity index (χ1n) is 6.40. The zero-order valence-electron chi connectivity index (χ0n) is 11.5. The van der Waals surface area contributed by atoms with E-state index in [0.29, 0.717) is 19.4 Å². The van der Waals surface area contributed by atoms with E-state index in [-0.39, 0.29) is 23.0 Å². The van der Waals surface area contributed by atoms with Crippen molar-refractivity contribution in [2.75, 3.05) is 13.6 Å². The fraction of sp³-hybridized carbons (Fsp3) is 0.786. The SMILES string of the molecule is CN1C[C@@]2(C)CC(C#N)C(=O)C(C)(C)[C@@H]2CC1=O. The first kappa shape index (κ1) is 13.1. The maximum atomic E-state index is 12.3. The van der Waals surface area contributed by atoms with E-state index in [1.807, 2.05) is 13.8 Å². The van der Waals surface area contributed by atoms with E-state index >= 15 is 0 Å². The number of carbonyl (C=O) groups excluding carboxylic acids is 2. The van der Waals surface area contributed by atoms with E-state index in [1.165, 1.54) is 0 Å². The Labute approximate surface area is 108 Å². The van der Waals surface area contributed by atoms with Gasteiger partial charge in [-0.15, -0.1) is 0 Å². The van der Waals surface area contributed by atoms with Crippen LogP contribution in [0, 0.1) is 34.0 Å². The molecule has 1 aliphatic heterocycles. The van der Waals surface area contributed by atoms with Crippen molar-refractivity contribution in [3.63, 3.8) is 0 Å². The van der Waals surface area contributed by atoms with Gasteiger partial charge in [0.1, 0.15) is 5.92 Å². The van der Waals surface area contributed by atoms with Crippen LogP contribution in [-0.2, 0) is 9.59 Å². The summed E-state index contributed by atoms with van der Waals surface area (Å²) >= 11 is 0. The third kappa shape index (κ3) is 1.65. The summed E-state index contributed by atoms with van der Waals surface area (Å²) in [6, 6.07) is 2.14. The van der Waals surface area contributed by atoms with Gasteiger partial charge in [0, 0.05) is 25.4 Å². The van der Waals surface area contributed by atoms with Gasteiger partial charge >= 0.3 is 0 Å². The minimum absolute atomic E-state index is 0.00447. The lowest BCUT2D eigenvalue weighted by Crippen LogP contribution is -2.59. The van der Waals surface area contributed by atoms with Crippen LogP contribution in [0.15, 0.2) is 0 Å². The molecule has 1 heterocycles. The van der Waals surface area contributed by atoms with E-state index in [4.69, 9.17) is 5.26 Å². The number of carbonyl (C=O) groups is 2. The Morgan fingerprint density at radius 1 is 1.33 bits per heavy atom. The summed E-state index contributed by atoms with van der Waals surface area (Å²) in [7, 11) is 1.80. The average molecular weight is 248 g/mol. The molecule has 4 nitrogen and oxygen atoms in total. The largest absolute Gasteiger partial charge is 0.345 e. The second-order valence-corrected chi connectivity index (χ2v) is 6.63. The van der Waals surface area contributed by atoms with Crippen LogP contribution in [0.4, 0.5) is 0 Å². The first-order chi connectivity index (χ1) is 8.22. The fourth-order valence-corrected chi connectivity index (χ4v) is 3.93. The summed E-state index contributed by atoms with van der Waals surface area (Å²) in [5, 5.41) is 9.16. The third-order valence-corrected chi connectivity index (χ3v) is 4.89. The lowest BCUT2D eigenvalue weighted by molar-refractivity contribution is -0.158. The van der Waals surface area contributed by atoms with Crippen LogP contribution in [0.1, 0.15) is 33.6 Å². The highest BCUT2D eigenvalue weighted by Crippen LogP contribution is 2.54. The molecule has 0 N–H and O–H groups in total. The van der Waals surface area contributed by atoms with Crippen molar-refractivity contribution < 1.29 is 9.59 Å². The fourth-order valence-electron chi connectivity index (χ4n) is 3.93. The number of amides is 1. The second kappa shape index (κ2) is 3.81. The highest BCUT2D eigenvalue weighted by atomic mass is 16.2. The highest BCUT2D eigenvalue weighted by Gasteiger charge is 2.57. The molecule has 0 spiro atoms. The lowest BCUT2D eigenvalue weighted by Gasteiger charge is -2.55. The summed E-state index contributed by atoms with van der Waals surface area (Å²) in [4.78, 5) is 25.9. The molecule has 1 amide bonds. The van der Waals surface area contributed by atoms with Gasteiger partial charge in [-0.2, -0.15) is 5.26 Å². The molecule has 0 aromatic rings. The van der Waals surface area contributed by atoms with Crippen LogP contribution < -0.4 is 0 Å². The molecule has 0 aromatic heterocycles. The number of Topliss-reactive ketones (excluding diaryl/α,β-unsaturated/α-hetero) is 1. The van der Waals surface area contributed by atoms with Crippen molar-refractivity contribution in [3.05, 3.63) is 0 Å². The van der Waals surface area contributed by atoms with Crippen LogP contribution in [0.3, 0.4) is 0 Å². The van der Waals surface area contributed by atoms with Gasteiger partial charge in [0.25, 0.3) is 0 Å². The molecular weight excluding hydrogens is 228 g/mol. The first-order valence-corrected chi connectivity index (χ1v) is 6.40. The van der Waals surface area contributed by atoms with Crippen LogP contribution in [-0.4, -0.2) is 30.2 Å². The molecule has 0 aromatic carbocycles. The molecule has 3 atom stereocenters. The van der Waals surface area contributed by atoms with E-state index in [9.17, 15) is 9.59 Å². The summed E-state index contributed by atoms with van der Waals surface area (Å²) in [5.74, 6) is -0.368. The van der Waals surface area contributed by atoms with Gasteiger partial charge in [-0.3, -0.25) is 9.59 Å². The lowest BCUT2D eigenvalue weighted by atomic mass is 9.51. The molecule has 2 fully saturated rings. The van der Waals surface area contributed by atoms with Crippen molar-refractivity contribution in [2.45, 2.75) is 33.6 Å². The maximum Gasteiger partial charge on any atom is 0.222 e. The number of rotatable bonds is 0. The molecule has 1 unspecified atom stereocenters. The monoisotopic (exact) mass is 248 g/mol. The molecular formula is C14H20N2O2. The Morgan fingerprint density at radius 3 is 2.50 bits per heavy atom. The summed E-state index contributed by atoms with van der Waals surface area (Å²) in [5.41, 5.74) is -0.704. The molecule has 4 heteroatoms. The van der Waals surface area contributed by atoms with Crippen molar-refractivity contribution in [1.29, 1.82) is 5.26 Å². The highest BCUT2D eigenvalue weighted by molar-refractivity contribution is 5.91. The molecule has 18 heavy (non-hydrogen) atoms. The zero-order chi connectivity index (χ0) is 13.7.